The van der Waals surface area contributed by atoms with Crippen LogP contribution in [-0.4, -0.2) is 73.4 Å². The van der Waals surface area contributed by atoms with E-state index < -0.39 is 54.1 Å². The van der Waals surface area contributed by atoms with Crippen molar-refractivity contribution in [3.8, 4) is 0 Å². The van der Waals surface area contributed by atoms with Crippen LogP contribution in [0.5, 0.6) is 0 Å². The fraction of sp³-hybridized carbons (Fsp3) is 0.459. The second-order valence-corrected chi connectivity index (χ2v) is 24.5. The van der Waals surface area contributed by atoms with Crippen molar-refractivity contribution in [1.82, 2.24) is 0 Å². The zero-order valence-corrected chi connectivity index (χ0v) is 29.5. The molecule has 232 valence electrons. The predicted molar refractivity (Wildman–Crippen MR) is 173 cm³/mol. The van der Waals surface area contributed by atoms with Crippen LogP contribution in [0, 0.1) is 5.41 Å². The van der Waals surface area contributed by atoms with E-state index in [4.69, 9.17) is 28.4 Å². The van der Waals surface area contributed by atoms with Crippen molar-refractivity contribution in [2.75, 3.05) is 13.2 Å². The van der Waals surface area contributed by atoms with E-state index >= 15 is 0 Å². The van der Waals surface area contributed by atoms with Gasteiger partial charge >= 0.3 is 267 Å². The molecule has 4 aliphatic heterocycles. The van der Waals surface area contributed by atoms with Gasteiger partial charge < -0.3 is 0 Å². The van der Waals surface area contributed by atoms with Crippen molar-refractivity contribution in [2.45, 2.75) is 89.7 Å². The van der Waals surface area contributed by atoms with Crippen LogP contribution in [0.15, 0.2) is 101 Å². The molecule has 0 radical (unpaired) electrons. The minimum absolute atomic E-state index is 0.222. The van der Waals surface area contributed by atoms with Gasteiger partial charge in [0.1, 0.15) is 0 Å². The van der Waals surface area contributed by atoms with E-state index in [9.17, 15) is 0 Å². The molecule has 4 saturated heterocycles. The molecule has 6 nitrogen and oxygen atoms in total. The first kappa shape index (κ1) is 30.6. The second kappa shape index (κ2) is 11.0. The third-order valence-corrected chi connectivity index (χ3v) is 22.5. The van der Waals surface area contributed by atoms with Crippen LogP contribution in [0.4, 0.5) is 0 Å². The Morgan fingerprint density at radius 2 is 1.18 bits per heavy atom. The van der Waals surface area contributed by atoms with Gasteiger partial charge in [-0.25, -0.2) is 0 Å². The Bertz CT molecular complexity index is 1410. The summed E-state index contributed by atoms with van der Waals surface area (Å²) in [6, 6.07) is 33.2. The summed E-state index contributed by atoms with van der Waals surface area (Å²) in [6.07, 6.45) is -1.00. The molecule has 44 heavy (non-hydrogen) atoms. The Balaban J connectivity index is 1.53. The molecule has 7 rings (SSSR count). The number of hydrogen-bond acceptors (Lipinski definition) is 6. The van der Waals surface area contributed by atoms with Gasteiger partial charge in [0.05, 0.1) is 0 Å². The predicted octanol–water partition coefficient (Wildman–Crippen LogP) is 4.84. The van der Waals surface area contributed by atoms with Crippen molar-refractivity contribution >= 4 is 29.1 Å². The van der Waals surface area contributed by atoms with Crippen LogP contribution in [0.2, 0.25) is 0 Å². The number of hydrogen-bond donors (Lipinski definition) is 0. The second-order valence-electron chi connectivity index (χ2n) is 14.1. The van der Waals surface area contributed by atoms with Gasteiger partial charge in [0.15, 0.2) is 0 Å². The zero-order chi connectivity index (χ0) is 30.8. The molecule has 4 heterocycles. The molecule has 1 spiro atoms. The molecule has 0 bridgehead atoms. The Labute approximate surface area is 265 Å². The van der Waals surface area contributed by atoms with Crippen LogP contribution in [0.1, 0.15) is 48.0 Å². The first-order valence-corrected chi connectivity index (χ1v) is 21.8. The van der Waals surface area contributed by atoms with Gasteiger partial charge in [-0.2, -0.15) is 0 Å². The summed E-state index contributed by atoms with van der Waals surface area (Å²) in [4.78, 5) is 0. The van der Waals surface area contributed by atoms with Gasteiger partial charge in [-0.1, -0.05) is 0 Å². The molecule has 0 saturated carbocycles. The number of fused-ring (bicyclic) bond motifs is 2. The Kier molecular flexibility index (Phi) is 7.68. The summed E-state index contributed by atoms with van der Waals surface area (Å²) < 4.78 is 46.6. The molecule has 0 amide bonds. The van der Waals surface area contributed by atoms with Crippen LogP contribution in [0.3, 0.4) is 0 Å². The topological polar surface area (TPSA) is 55.4 Å². The summed E-state index contributed by atoms with van der Waals surface area (Å²) in [5, 5.41) is 0. The third kappa shape index (κ3) is 5.02. The van der Waals surface area contributed by atoms with E-state index in [0.717, 1.165) is 6.42 Å². The summed E-state index contributed by atoms with van der Waals surface area (Å²) in [5.41, 5.74) is 0.0610. The third-order valence-electron chi connectivity index (χ3n) is 9.82. The van der Waals surface area contributed by atoms with Crippen LogP contribution in [0.25, 0.3) is 0 Å². The molecule has 4 aliphatic rings. The minimum atomic E-state index is -3.96. The van der Waals surface area contributed by atoms with Gasteiger partial charge in [-0.3, -0.25) is 0 Å². The summed E-state index contributed by atoms with van der Waals surface area (Å²) in [5.74, 6) is -1.53. The Hall–Kier alpha value is -2.04. The monoisotopic (exact) mass is 704 g/mol. The first-order chi connectivity index (χ1) is 21.0. The average molecular weight is 703 g/mol. The SMILES string of the molecule is CC1(C)OC[C@H]([C@H]2O[C@@H]3OC(C)(C)O[C@@H]3[C@]23OCCC(C)(C)/C3=[CH]\[Sn]([c]2ccccc2)([c]2ccccc2)[c]2ccccc2)O1. The molecular formula is C37H44O6Sn. The van der Waals surface area contributed by atoms with E-state index in [1.54, 1.807) is 0 Å². The maximum absolute atomic E-state index is 7.13. The van der Waals surface area contributed by atoms with Crippen LogP contribution < -0.4 is 10.7 Å². The molecule has 0 aromatic heterocycles. The van der Waals surface area contributed by atoms with Crippen molar-refractivity contribution < 1.29 is 28.4 Å². The number of benzene rings is 3. The van der Waals surface area contributed by atoms with Crippen molar-refractivity contribution in [1.29, 1.82) is 0 Å². The first-order valence-electron chi connectivity index (χ1n) is 15.8. The van der Waals surface area contributed by atoms with Crippen molar-refractivity contribution in [3.63, 3.8) is 0 Å². The fourth-order valence-corrected chi connectivity index (χ4v) is 21.2. The zero-order valence-electron chi connectivity index (χ0n) is 26.6. The molecule has 4 fully saturated rings. The van der Waals surface area contributed by atoms with Gasteiger partial charge in [-0.15, -0.1) is 0 Å². The Morgan fingerprint density at radius 1 is 0.636 bits per heavy atom. The molecule has 0 aliphatic carbocycles. The molecule has 0 N–H and O–H groups in total. The van der Waals surface area contributed by atoms with Gasteiger partial charge in [0, 0.05) is 0 Å². The summed E-state index contributed by atoms with van der Waals surface area (Å²) in [7, 11) is 0. The van der Waals surface area contributed by atoms with Gasteiger partial charge in [0.2, 0.25) is 0 Å². The van der Waals surface area contributed by atoms with Crippen molar-refractivity contribution in [2.24, 2.45) is 5.41 Å². The van der Waals surface area contributed by atoms with Gasteiger partial charge in [0.25, 0.3) is 0 Å². The van der Waals surface area contributed by atoms with Crippen LogP contribution >= 0.6 is 0 Å². The summed E-state index contributed by atoms with van der Waals surface area (Å²) in [6.45, 7) is 13.5. The standard InChI is InChI=1S/C19H29O6.3C6H5.Sn/c1-11-16(2,3)8-9-20-19(11)13(12-10-21-17(4,5)23-12)22-15-14(19)24-18(6,7)25-15;3*1-2-4-6-5-3-1;/h1,12-15H,8-10H2,2-7H3;3*1-5H;/t12-,13-,14+,15-,19-;;;;/m1..../s1. The molecular weight excluding hydrogens is 659 g/mol. The average Bonchev–Trinajstić information content (AvgIpc) is 3.62. The quantitative estimate of drug-likeness (QED) is 0.355. The molecule has 0 unspecified atom stereocenters. The Morgan fingerprint density at radius 3 is 1.68 bits per heavy atom. The molecule has 3 aromatic carbocycles. The molecule has 5 atom stereocenters. The number of ether oxygens (including phenoxy) is 6. The number of rotatable bonds is 5. The summed E-state index contributed by atoms with van der Waals surface area (Å²) >= 11 is -3.96. The van der Waals surface area contributed by atoms with Crippen LogP contribution in [-0.2, 0) is 28.4 Å². The van der Waals surface area contributed by atoms with E-state index in [0.29, 0.717) is 13.2 Å². The maximum atomic E-state index is 7.13. The normalized spacial score (nSPS) is 33.1. The van der Waals surface area contributed by atoms with E-state index in [2.05, 4.69) is 109 Å². The van der Waals surface area contributed by atoms with E-state index in [1.807, 2.05) is 27.7 Å². The molecule has 7 heteroatoms. The fourth-order valence-electron chi connectivity index (χ4n) is 7.82. The van der Waals surface area contributed by atoms with Gasteiger partial charge in [-0.05, 0) is 0 Å². The van der Waals surface area contributed by atoms with E-state index in [-0.39, 0.29) is 11.5 Å². The molecule has 3 aromatic rings. The van der Waals surface area contributed by atoms with E-state index in [1.165, 1.54) is 16.3 Å². The van der Waals surface area contributed by atoms with Crippen molar-refractivity contribution in [3.05, 3.63) is 101 Å².